The summed E-state index contributed by atoms with van der Waals surface area (Å²) in [4.78, 5) is 18.7. The predicted octanol–water partition coefficient (Wildman–Crippen LogP) is 0.126. The zero-order valence-corrected chi connectivity index (χ0v) is 12.6. The summed E-state index contributed by atoms with van der Waals surface area (Å²) in [7, 11) is 0. The van der Waals surface area contributed by atoms with Crippen LogP contribution in [0.4, 0.5) is 5.82 Å². The number of nitrogens with zero attached hydrogens (tertiary/aromatic N) is 2. The number of hydrazine groups is 1. The summed E-state index contributed by atoms with van der Waals surface area (Å²) >= 11 is 0. The second kappa shape index (κ2) is 7.35. The number of carbonyl (C=O) groups is 1. The number of nitrogen functional groups attached to an aromatic ring is 1. The van der Waals surface area contributed by atoms with Crippen LogP contribution in [0, 0.1) is 6.92 Å². The maximum absolute atomic E-state index is 12.2. The number of likely N-dealkylation sites (N-methyl/N-ethyl adjacent to an activating group) is 1. The van der Waals surface area contributed by atoms with Crippen LogP contribution >= 0.6 is 0 Å². The summed E-state index contributed by atoms with van der Waals surface area (Å²) in [5.41, 5.74) is 3.74. The smallest absolute Gasteiger partial charge is 0.251 e. The Bertz CT molecular complexity index is 494. The van der Waals surface area contributed by atoms with Gasteiger partial charge in [0.25, 0.3) is 5.91 Å². The number of nitrogens with one attached hydrogen (secondary N) is 2. The highest BCUT2D eigenvalue weighted by Gasteiger charge is 2.20. The van der Waals surface area contributed by atoms with Gasteiger partial charge in [0.2, 0.25) is 0 Å². The first kappa shape index (κ1) is 15.7. The first-order valence-corrected chi connectivity index (χ1v) is 7.19. The highest BCUT2D eigenvalue weighted by Crippen LogP contribution is 2.09. The number of anilines is 1. The second-order valence-electron chi connectivity index (χ2n) is 5.12. The van der Waals surface area contributed by atoms with Crippen molar-refractivity contribution in [2.24, 2.45) is 5.84 Å². The van der Waals surface area contributed by atoms with Gasteiger partial charge in [-0.2, -0.15) is 0 Å². The van der Waals surface area contributed by atoms with Crippen molar-refractivity contribution < 1.29 is 9.53 Å². The molecule has 1 fully saturated rings. The maximum Gasteiger partial charge on any atom is 0.251 e. The molecular formula is C14H23N5O2. The molecule has 116 valence electrons. The van der Waals surface area contributed by atoms with Crippen LogP contribution < -0.4 is 16.6 Å². The lowest BCUT2D eigenvalue weighted by Crippen LogP contribution is -2.47. The van der Waals surface area contributed by atoms with Gasteiger partial charge in [-0.15, -0.1) is 0 Å². The molecule has 1 aliphatic heterocycles. The van der Waals surface area contributed by atoms with Crippen LogP contribution in [0.25, 0.3) is 0 Å². The van der Waals surface area contributed by atoms with E-state index in [4.69, 9.17) is 10.6 Å². The number of hydrogen-bond acceptors (Lipinski definition) is 6. The number of amides is 1. The van der Waals surface area contributed by atoms with Crippen molar-refractivity contribution in [3.63, 3.8) is 0 Å². The van der Waals surface area contributed by atoms with Crippen LogP contribution in [-0.2, 0) is 4.74 Å². The number of hydrogen-bond donors (Lipinski definition) is 3. The lowest BCUT2D eigenvalue weighted by molar-refractivity contribution is -0.0246. The van der Waals surface area contributed by atoms with E-state index in [1.165, 1.54) is 0 Å². The van der Waals surface area contributed by atoms with Gasteiger partial charge in [-0.1, -0.05) is 6.92 Å². The van der Waals surface area contributed by atoms with Gasteiger partial charge < -0.3 is 15.5 Å². The molecule has 2 heterocycles. The van der Waals surface area contributed by atoms with E-state index in [1.54, 1.807) is 12.1 Å². The fourth-order valence-electron chi connectivity index (χ4n) is 2.37. The molecule has 2 rings (SSSR count). The number of aromatic nitrogens is 1. The summed E-state index contributed by atoms with van der Waals surface area (Å²) in [6, 6.07) is 3.36. The Morgan fingerprint density at radius 3 is 3.10 bits per heavy atom. The van der Waals surface area contributed by atoms with Gasteiger partial charge in [0.1, 0.15) is 5.82 Å². The molecule has 21 heavy (non-hydrogen) atoms. The van der Waals surface area contributed by atoms with Crippen molar-refractivity contribution in [3.05, 3.63) is 23.4 Å². The molecule has 0 bridgehead atoms. The van der Waals surface area contributed by atoms with Gasteiger partial charge in [0.05, 0.1) is 12.7 Å². The Morgan fingerprint density at radius 2 is 2.38 bits per heavy atom. The van der Waals surface area contributed by atoms with E-state index in [1.807, 2.05) is 6.92 Å². The number of carbonyl (C=O) groups excluding carboxylic acids is 1. The number of aryl methyl sites for hydroxylation is 1. The molecule has 0 aromatic carbocycles. The van der Waals surface area contributed by atoms with Gasteiger partial charge >= 0.3 is 0 Å². The fourth-order valence-corrected chi connectivity index (χ4v) is 2.37. The van der Waals surface area contributed by atoms with E-state index < -0.39 is 0 Å². The van der Waals surface area contributed by atoms with E-state index in [9.17, 15) is 4.79 Å². The summed E-state index contributed by atoms with van der Waals surface area (Å²) in [6.45, 7) is 7.97. The molecule has 7 nitrogen and oxygen atoms in total. The van der Waals surface area contributed by atoms with Crippen molar-refractivity contribution in [3.8, 4) is 0 Å². The number of pyridine rings is 1. The summed E-state index contributed by atoms with van der Waals surface area (Å²) in [5, 5.41) is 2.90. The first-order chi connectivity index (χ1) is 10.1. The third kappa shape index (κ3) is 4.38. The average molecular weight is 293 g/mol. The van der Waals surface area contributed by atoms with Crippen LogP contribution in [0.3, 0.4) is 0 Å². The summed E-state index contributed by atoms with van der Waals surface area (Å²) < 4.78 is 5.66. The van der Waals surface area contributed by atoms with Crippen LogP contribution in [0.1, 0.15) is 23.0 Å². The highest BCUT2D eigenvalue weighted by atomic mass is 16.5. The molecule has 1 saturated heterocycles. The van der Waals surface area contributed by atoms with Gasteiger partial charge in [0, 0.05) is 30.9 Å². The molecule has 1 atom stereocenters. The second-order valence-corrected chi connectivity index (χ2v) is 5.12. The minimum absolute atomic E-state index is 0.0395. The molecule has 0 spiro atoms. The molecule has 1 aromatic heterocycles. The minimum atomic E-state index is -0.144. The standard InChI is InChI=1S/C14H23N5O2/c1-3-19-4-5-21-12(9-19)8-16-14(20)11-6-10(2)17-13(7-11)18-15/h6-7,12H,3-5,8-9,15H2,1-2H3,(H,16,20)(H,17,18). The van der Waals surface area contributed by atoms with Crippen molar-refractivity contribution in [2.75, 3.05) is 38.2 Å². The van der Waals surface area contributed by atoms with Crippen molar-refractivity contribution >= 4 is 11.7 Å². The molecule has 0 aliphatic carbocycles. The van der Waals surface area contributed by atoms with Crippen molar-refractivity contribution in [1.82, 2.24) is 15.2 Å². The van der Waals surface area contributed by atoms with Crippen molar-refractivity contribution in [1.29, 1.82) is 0 Å². The third-order valence-electron chi connectivity index (χ3n) is 3.52. The molecule has 7 heteroatoms. The van der Waals surface area contributed by atoms with E-state index in [0.717, 1.165) is 25.3 Å². The topological polar surface area (TPSA) is 92.5 Å². The third-order valence-corrected chi connectivity index (χ3v) is 3.52. The van der Waals surface area contributed by atoms with Crippen LogP contribution in [0.2, 0.25) is 0 Å². The Morgan fingerprint density at radius 1 is 1.57 bits per heavy atom. The van der Waals surface area contributed by atoms with Crippen LogP contribution in [0.5, 0.6) is 0 Å². The number of rotatable bonds is 5. The fraction of sp³-hybridized carbons (Fsp3) is 0.571. The highest BCUT2D eigenvalue weighted by molar-refractivity contribution is 5.95. The number of nitrogens with two attached hydrogens (primary N) is 1. The monoisotopic (exact) mass is 293 g/mol. The van der Waals surface area contributed by atoms with E-state index >= 15 is 0 Å². The summed E-state index contributed by atoms with van der Waals surface area (Å²) in [5.74, 6) is 5.67. The lowest BCUT2D eigenvalue weighted by atomic mass is 10.2. The predicted molar refractivity (Wildman–Crippen MR) is 81.0 cm³/mol. The van der Waals surface area contributed by atoms with Crippen molar-refractivity contribution in [2.45, 2.75) is 20.0 Å². The molecule has 1 unspecified atom stereocenters. The maximum atomic E-state index is 12.2. The van der Waals surface area contributed by atoms with Gasteiger partial charge in [0.15, 0.2) is 0 Å². The van der Waals surface area contributed by atoms with E-state index in [-0.39, 0.29) is 12.0 Å². The first-order valence-electron chi connectivity index (χ1n) is 7.19. The zero-order chi connectivity index (χ0) is 15.2. The minimum Gasteiger partial charge on any atom is -0.374 e. The number of morpholine rings is 1. The molecule has 4 N–H and O–H groups in total. The molecule has 0 radical (unpaired) electrons. The quantitative estimate of drug-likeness (QED) is 0.528. The van der Waals surface area contributed by atoms with Gasteiger partial charge in [-0.3, -0.25) is 9.69 Å². The Kier molecular flexibility index (Phi) is 5.49. The number of ether oxygens (including phenoxy) is 1. The van der Waals surface area contributed by atoms with Gasteiger partial charge in [-0.05, 0) is 25.6 Å². The van der Waals surface area contributed by atoms with Crippen LogP contribution in [0.15, 0.2) is 12.1 Å². The largest absolute Gasteiger partial charge is 0.374 e. The Labute approximate surface area is 124 Å². The SMILES string of the molecule is CCN1CCOC(CNC(=O)c2cc(C)nc(NN)c2)C1. The molecule has 1 aromatic rings. The molecule has 1 amide bonds. The summed E-state index contributed by atoms with van der Waals surface area (Å²) in [6.07, 6.45) is 0.0395. The van der Waals surface area contributed by atoms with Gasteiger partial charge in [-0.25, -0.2) is 10.8 Å². The Hall–Kier alpha value is -1.70. The normalized spacial score (nSPS) is 19.3. The lowest BCUT2D eigenvalue weighted by Gasteiger charge is -2.32. The van der Waals surface area contributed by atoms with E-state index in [0.29, 0.717) is 24.5 Å². The molecule has 1 aliphatic rings. The molecule has 0 saturated carbocycles. The van der Waals surface area contributed by atoms with E-state index in [2.05, 4.69) is 27.6 Å². The Balaban J connectivity index is 1.91. The average Bonchev–Trinajstić information content (AvgIpc) is 2.52. The van der Waals surface area contributed by atoms with Crippen LogP contribution in [-0.4, -0.2) is 54.7 Å². The zero-order valence-electron chi connectivity index (χ0n) is 12.6. The molecular weight excluding hydrogens is 270 g/mol.